The van der Waals surface area contributed by atoms with Crippen molar-refractivity contribution in [3.63, 3.8) is 0 Å². The minimum Gasteiger partial charge on any atom is -0.507 e. The normalized spacial score (nSPS) is 10.9. The second-order valence-corrected chi connectivity index (χ2v) is 11.0. The Morgan fingerprint density at radius 1 is 0.413 bits per heavy atom. The molecule has 0 unspecified atom stereocenters. The number of phenols is 2. The Balaban J connectivity index is 1.04. The highest BCUT2D eigenvalue weighted by Gasteiger charge is 2.13. The quantitative estimate of drug-likeness (QED) is 0.0966. The summed E-state index contributed by atoms with van der Waals surface area (Å²) in [5, 5.41) is 27.7. The summed E-state index contributed by atoms with van der Waals surface area (Å²) >= 11 is 0. The predicted octanol–water partition coefficient (Wildman–Crippen LogP) is 8.43. The van der Waals surface area contributed by atoms with E-state index in [1.54, 1.807) is 24.3 Å². The molecule has 0 amide bonds. The van der Waals surface area contributed by atoms with Gasteiger partial charge < -0.3 is 20.8 Å². The molecule has 46 heavy (non-hydrogen) atoms. The molecular formula is C38H36N6O2. The van der Waals surface area contributed by atoms with E-state index in [0.717, 1.165) is 61.3 Å². The summed E-state index contributed by atoms with van der Waals surface area (Å²) in [4.78, 5) is 18.9. The number of benzene rings is 4. The zero-order valence-electron chi connectivity index (χ0n) is 25.5. The third-order valence-electron chi connectivity index (χ3n) is 7.62. The van der Waals surface area contributed by atoms with Crippen molar-refractivity contribution >= 4 is 11.9 Å². The van der Waals surface area contributed by atoms with Crippen LogP contribution in [0.2, 0.25) is 0 Å². The maximum atomic E-state index is 10.4. The second kappa shape index (κ2) is 14.8. The van der Waals surface area contributed by atoms with E-state index in [-0.39, 0.29) is 11.5 Å². The van der Waals surface area contributed by atoms with E-state index in [9.17, 15) is 10.2 Å². The van der Waals surface area contributed by atoms with E-state index in [4.69, 9.17) is 19.9 Å². The molecule has 0 spiro atoms. The van der Waals surface area contributed by atoms with Crippen LogP contribution in [0, 0.1) is 0 Å². The summed E-state index contributed by atoms with van der Waals surface area (Å²) in [6.07, 6.45) is 3.99. The topological polar surface area (TPSA) is 116 Å². The van der Waals surface area contributed by atoms with Crippen LogP contribution in [-0.2, 0) is 0 Å². The van der Waals surface area contributed by atoms with Crippen molar-refractivity contribution in [1.29, 1.82) is 0 Å². The SMILES string of the molecule is Oc1ccccc1-c1cc(-c2ccccc2)nc(NCCCCCCNc2nc(-c3ccccc3)cc(-c3ccccc3O)n2)n1. The van der Waals surface area contributed by atoms with Gasteiger partial charge in [-0.2, -0.15) is 0 Å². The molecule has 4 aromatic carbocycles. The number of anilines is 2. The van der Waals surface area contributed by atoms with Crippen molar-refractivity contribution in [2.75, 3.05) is 23.7 Å². The minimum atomic E-state index is 0.186. The molecule has 0 radical (unpaired) electrons. The van der Waals surface area contributed by atoms with Gasteiger partial charge in [-0.3, -0.25) is 0 Å². The number of rotatable bonds is 13. The predicted molar refractivity (Wildman–Crippen MR) is 185 cm³/mol. The lowest BCUT2D eigenvalue weighted by Gasteiger charge is -2.12. The fraction of sp³-hybridized carbons (Fsp3) is 0.158. The molecule has 230 valence electrons. The van der Waals surface area contributed by atoms with Crippen LogP contribution >= 0.6 is 0 Å². The molecule has 0 saturated carbocycles. The van der Waals surface area contributed by atoms with Gasteiger partial charge in [0.05, 0.1) is 22.8 Å². The van der Waals surface area contributed by atoms with Crippen molar-refractivity contribution in [3.8, 4) is 56.5 Å². The van der Waals surface area contributed by atoms with Crippen LogP contribution in [0.1, 0.15) is 25.7 Å². The van der Waals surface area contributed by atoms with Crippen molar-refractivity contribution in [2.24, 2.45) is 0 Å². The van der Waals surface area contributed by atoms with Crippen LogP contribution in [0.5, 0.6) is 11.5 Å². The summed E-state index contributed by atoms with van der Waals surface area (Å²) in [6.45, 7) is 1.47. The Hall–Kier alpha value is -5.76. The van der Waals surface area contributed by atoms with Crippen LogP contribution in [0.25, 0.3) is 45.0 Å². The summed E-state index contributed by atoms with van der Waals surface area (Å²) in [6, 6.07) is 38.2. The fourth-order valence-electron chi connectivity index (χ4n) is 5.23. The van der Waals surface area contributed by atoms with Crippen molar-refractivity contribution in [3.05, 3.63) is 121 Å². The summed E-state index contributed by atoms with van der Waals surface area (Å²) < 4.78 is 0. The lowest BCUT2D eigenvalue weighted by Crippen LogP contribution is -2.08. The van der Waals surface area contributed by atoms with Crippen LogP contribution in [0.15, 0.2) is 121 Å². The van der Waals surface area contributed by atoms with Gasteiger partial charge in [0.15, 0.2) is 0 Å². The molecule has 4 N–H and O–H groups in total. The van der Waals surface area contributed by atoms with Gasteiger partial charge in [0.1, 0.15) is 11.5 Å². The number of para-hydroxylation sites is 2. The van der Waals surface area contributed by atoms with Crippen molar-refractivity contribution in [2.45, 2.75) is 25.7 Å². The average Bonchev–Trinajstić information content (AvgIpc) is 3.10. The molecule has 6 aromatic rings. The van der Waals surface area contributed by atoms with Gasteiger partial charge in [-0.1, -0.05) is 97.8 Å². The number of aromatic hydroxyl groups is 2. The van der Waals surface area contributed by atoms with Gasteiger partial charge in [0.25, 0.3) is 0 Å². The van der Waals surface area contributed by atoms with Gasteiger partial charge in [0.2, 0.25) is 11.9 Å². The molecule has 0 aliphatic carbocycles. The third-order valence-corrected chi connectivity index (χ3v) is 7.62. The largest absolute Gasteiger partial charge is 0.507 e. The van der Waals surface area contributed by atoms with E-state index in [1.807, 2.05) is 97.1 Å². The summed E-state index contributed by atoms with van der Waals surface area (Å²) in [7, 11) is 0. The smallest absolute Gasteiger partial charge is 0.223 e. The Bertz CT molecular complexity index is 1740. The van der Waals surface area contributed by atoms with Gasteiger partial charge in [-0.25, -0.2) is 19.9 Å². The minimum absolute atomic E-state index is 0.186. The van der Waals surface area contributed by atoms with Crippen molar-refractivity contribution in [1.82, 2.24) is 19.9 Å². The van der Waals surface area contributed by atoms with Gasteiger partial charge in [0, 0.05) is 35.3 Å². The zero-order chi connectivity index (χ0) is 31.6. The Labute approximate surface area is 268 Å². The Morgan fingerprint density at radius 3 is 1.20 bits per heavy atom. The first kappa shape index (κ1) is 30.3. The lowest BCUT2D eigenvalue weighted by molar-refractivity contribution is 0.476. The molecule has 0 aliphatic heterocycles. The molecule has 6 rings (SSSR count). The Kier molecular flexibility index (Phi) is 9.75. The highest BCUT2D eigenvalue weighted by atomic mass is 16.3. The monoisotopic (exact) mass is 608 g/mol. The highest BCUT2D eigenvalue weighted by Crippen LogP contribution is 2.32. The first-order valence-corrected chi connectivity index (χ1v) is 15.6. The van der Waals surface area contributed by atoms with E-state index in [0.29, 0.717) is 34.4 Å². The summed E-state index contributed by atoms with van der Waals surface area (Å²) in [5.41, 5.74) is 6.26. The highest BCUT2D eigenvalue weighted by molar-refractivity contribution is 5.74. The molecule has 8 heteroatoms. The number of nitrogens with zero attached hydrogens (tertiary/aromatic N) is 4. The lowest BCUT2D eigenvalue weighted by atomic mass is 10.1. The van der Waals surface area contributed by atoms with E-state index in [1.165, 1.54) is 0 Å². The molecule has 2 aromatic heterocycles. The van der Waals surface area contributed by atoms with E-state index >= 15 is 0 Å². The van der Waals surface area contributed by atoms with E-state index in [2.05, 4.69) is 10.6 Å². The maximum absolute atomic E-state index is 10.4. The number of hydrogen-bond acceptors (Lipinski definition) is 8. The zero-order valence-corrected chi connectivity index (χ0v) is 25.5. The first-order valence-electron chi connectivity index (χ1n) is 15.6. The number of phenolic OH excluding ortho intramolecular Hbond substituents is 2. The number of unbranched alkanes of at least 4 members (excludes halogenated alkanes) is 3. The van der Waals surface area contributed by atoms with Crippen molar-refractivity contribution < 1.29 is 10.2 Å². The maximum Gasteiger partial charge on any atom is 0.223 e. The molecule has 8 nitrogen and oxygen atoms in total. The molecular weight excluding hydrogens is 572 g/mol. The average molecular weight is 609 g/mol. The van der Waals surface area contributed by atoms with Gasteiger partial charge in [-0.15, -0.1) is 0 Å². The molecule has 0 fully saturated rings. The molecule has 0 saturated heterocycles. The number of hydrogen-bond donors (Lipinski definition) is 4. The first-order chi connectivity index (χ1) is 22.6. The summed E-state index contributed by atoms with van der Waals surface area (Å²) in [5.74, 6) is 1.45. The molecule has 0 bridgehead atoms. The Morgan fingerprint density at radius 2 is 0.783 bits per heavy atom. The second-order valence-electron chi connectivity index (χ2n) is 11.0. The standard InChI is InChI=1S/C38H36N6O2/c45-35-21-11-9-19-29(35)33-25-31(27-15-5-3-6-16-27)41-37(43-33)39-23-13-1-2-14-24-40-38-42-32(28-17-7-4-8-18-28)26-34(44-38)30-20-10-12-22-36(30)46/h3-12,15-22,25-26,45-46H,1-2,13-14,23-24H2,(H,39,41,43)(H,40,42,44). The fourth-order valence-corrected chi connectivity index (χ4v) is 5.23. The van der Waals surface area contributed by atoms with Gasteiger partial charge in [-0.05, 0) is 49.2 Å². The molecule has 0 atom stereocenters. The number of aromatic nitrogens is 4. The number of nitrogens with one attached hydrogen (secondary N) is 2. The molecule has 0 aliphatic rings. The third kappa shape index (κ3) is 7.65. The van der Waals surface area contributed by atoms with E-state index < -0.39 is 0 Å². The van der Waals surface area contributed by atoms with Crippen LogP contribution < -0.4 is 10.6 Å². The van der Waals surface area contributed by atoms with Crippen LogP contribution in [0.4, 0.5) is 11.9 Å². The van der Waals surface area contributed by atoms with Crippen LogP contribution in [-0.4, -0.2) is 43.2 Å². The van der Waals surface area contributed by atoms with Gasteiger partial charge >= 0.3 is 0 Å². The van der Waals surface area contributed by atoms with Crippen LogP contribution in [0.3, 0.4) is 0 Å². The molecule has 2 heterocycles.